The third kappa shape index (κ3) is 2.49. The molecule has 0 amide bonds. The van der Waals surface area contributed by atoms with E-state index in [-0.39, 0.29) is 18.2 Å². The molecular weight excluding hydrogens is 292 g/mol. The van der Waals surface area contributed by atoms with Crippen LogP contribution in [-0.4, -0.2) is 30.1 Å². The van der Waals surface area contributed by atoms with Crippen LogP contribution in [0.1, 0.15) is 12.0 Å². The molecule has 1 aliphatic heterocycles. The molecule has 1 aromatic carbocycles. The minimum Gasteiger partial charge on any atom is -0.497 e. The monoisotopic (exact) mass is 303 g/mol. The van der Waals surface area contributed by atoms with Crippen LogP contribution in [0.3, 0.4) is 0 Å². The maximum atomic E-state index is 13.7. The van der Waals surface area contributed by atoms with Gasteiger partial charge in [-0.1, -0.05) is 15.9 Å². The van der Waals surface area contributed by atoms with Crippen LogP contribution >= 0.6 is 15.9 Å². The Balaban J connectivity index is 2.31. The van der Waals surface area contributed by atoms with Crippen molar-refractivity contribution in [2.75, 3.05) is 12.4 Å². The topological polar surface area (TPSA) is 21.6 Å². The average molecular weight is 304 g/mol. The fraction of sp³-hybridized carbons (Fsp3) is 0.417. The van der Waals surface area contributed by atoms with Gasteiger partial charge >= 0.3 is 0 Å². The SMILES string of the molecule is COc1ccc(C2=NC(CBr)CC2(F)F)cc1. The summed E-state index contributed by atoms with van der Waals surface area (Å²) in [5, 5.41) is 0.461. The van der Waals surface area contributed by atoms with Crippen LogP contribution in [-0.2, 0) is 0 Å². The van der Waals surface area contributed by atoms with Gasteiger partial charge in [-0.15, -0.1) is 0 Å². The molecule has 0 aromatic heterocycles. The maximum absolute atomic E-state index is 13.7. The predicted molar refractivity (Wildman–Crippen MR) is 66.7 cm³/mol. The standard InChI is InChI=1S/C12H12BrF2NO/c1-17-10-4-2-8(3-5-10)11-12(14,15)6-9(7-13)16-11/h2-5,9H,6-7H2,1H3. The molecule has 1 aliphatic rings. The third-order valence-corrected chi connectivity index (χ3v) is 3.44. The zero-order chi connectivity index (χ0) is 12.5. The molecule has 0 bridgehead atoms. The van der Waals surface area contributed by atoms with E-state index in [1.807, 2.05) is 0 Å². The Bertz CT molecular complexity index is 431. The molecule has 1 unspecified atom stereocenters. The second kappa shape index (κ2) is 4.72. The molecule has 5 heteroatoms. The van der Waals surface area contributed by atoms with Crippen LogP contribution in [0.15, 0.2) is 29.3 Å². The lowest BCUT2D eigenvalue weighted by Crippen LogP contribution is -2.26. The lowest BCUT2D eigenvalue weighted by atomic mass is 10.0. The molecule has 0 saturated carbocycles. The number of methoxy groups -OCH3 is 1. The van der Waals surface area contributed by atoms with E-state index < -0.39 is 5.92 Å². The highest BCUT2D eigenvalue weighted by Gasteiger charge is 2.44. The molecule has 17 heavy (non-hydrogen) atoms. The lowest BCUT2D eigenvalue weighted by Gasteiger charge is -2.12. The molecule has 1 heterocycles. The van der Waals surface area contributed by atoms with Gasteiger partial charge in [0.05, 0.1) is 13.2 Å². The number of halogens is 3. The van der Waals surface area contributed by atoms with E-state index in [0.717, 1.165) is 0 Å². The summed E-state index contributed by atoms with van der Waals surface area (Å²) in [6.07, 6.45) is -0.223. The first-order valence-electron chi connectivity index (χ1n) is 5.23. The summed E-state index contributed by atoms with van der Waals surface area (Å²) in [4.78, 5) is 4.06. The van der Waals surface area contributed by atoms with Crippen molar-refractivity contribution in [3.63, 3.8) is 0 Å². The second-order valence-electron chi connectivity index (χ2n) is 3.92. The molecule has 0 aliphatic carbocycles. The van der Waals surface area contributed by atoms with Gasteiger partial charge in [0, 0.05) is 17.3 Å². The van der Waals surface area contributed by atoms with E-state index in [2.05, 4.69) is 20.9 Å². The maximum Gasteiger partial charge on any atom is 0.291 e. The van der Waals surface area contributed by atoms with Crippen LogP contribution in [0.25, 0.3) is 0 Å². The average Bonchev–Trinajstić information content (AvgIpc) is 2.64. The van der Waals surface area contributed by atoms with Crippen molar-refractivity contribution in [1.29, 1.82) is 0 Å². The smallest absolute Gasteiger partial charge is 0.291 e. The van der Waals surface area contributed by atoms with Crippen molar-refractivity contribution in [2.24, 2.45) is 4.99 Å². The van der Waals surface area contributed by atoms with Crippen molar-refractivity contribution >= 4 is 21.6 Å². The van der Waals surface area contributed by atoms with Crippen LogP contribution in [0, 0.1) is 0 Å². The third-order valence-electron chi connectivity index (χ3n) is 2.69. The summed E-state index contributed by atoms with van der Waals surface area (Å²) in [5.74, 6) is -2.19. The highest BCUT2D eigenvalue weighted by Crippen LogP contribution is 2.34. The fourth-order valence-corrected chi connectivity index (χ4v) is 2.21. The van der Waals surface area contributed by atoms with Crippen molar-refractivity contribution in [1.82, 2.24) is 0 Å². The van der Waals surface area contributed by atoms with E-state index in [0.29, 0.717) is 16.6 Å². The van der Waals surface area contributed by atoms with Gasteiger partial charge in [-0.3, -0.25) is 4.99 Å². The normalized spacial score (nSPS) is 22.4. The first-order valence-corrected chi connectivity index (χ1v) is 6.35. The Kier molecular flexibility index (Phi) is 3.47. The summed E-state index contributed by atoms with van der Waals surface area (Å²) < 4.78 is 32.5. The molecular formula is C12H12BrF2NO. The number of aliphatic imine (C=N–C) groups is 1. The predicted octanol–water partition coefficient (Wildman–Crippen LogP) is 3.29. The van der Waals surface area contributed by atoms with Crippen LogP contribution < -0.4 is 4.74 Å². The first-order chi connectivity index (χ1) is 8.06. The summed E-state index contributed by atoms with van der Waals surface area (Å²) >= 11 is 3.19. The van der Waals surface area contributed by atoms with Crippen molar-refractivity contribution in [3.05, 3.63) is 29.8 Å². The van der Waals surface area contributed by atoms with Crippen molar-refractivity contribution in [3.8, 4) is 5.75 Å². The zero-order valence-corrected chi connectivity index (χ0v) is 10.9. The van der Waals surface area contributed by atoms with E-state index in [1.54, 1.807) is 24.3 Å². The second-order valence-corrected chi connectivity index (χ2v) is 4.57. The number of alkyl halides is 3. The molecule has 0 N–H and O–H groups in total. The number of ether oxygens (including phenoxy) is 1. The van der Waals surface area contributed by atoms with Crippen molar-refractivity contribution < 1.29 is 13.5 Å². The Labute approximate surface area is 107 Å². The van der Waals surface area contributed by atoms with Gasteiger partial charge in [-0.05, 0) is 24.3 Å². The molecule has 0 spiro atoms. The molecule has 0 saturated heterocycles. The van der Waals surface area contributed by atoms with Gasteiger partial charge in [-0.2, -0.15) is 8.78 Å². The number of hydrogen-bond acceptors (Lipinski definition) is 2. The van der Waals surface area contributed by atoms with Crippen LogP contribution in [0.5, 0.6) is 5.75 Å². The summed E-state index contributed by atoms with van der Waals surface area (Å²) in [7, 11) is 1.54. The zero-order valence-electron chi connectivity index (χ0n) is 9.29. The number of nitrogens with zero attached hydrogens (tertiary/aromatic N) is 1. The summed E-state index contributed by atoms with van der Waals surface area (Å²) in [5.41, 5.74) is 0.337. The van der Waals surface area contributed by atoms with Gasteiger partial charge in [-0.25, -0.2) is 0 Å². The van der Waals surface area contributed by atoms with Gasteiger partial charge in [0.25, 0.3) is 5.92 Å². The van der Waals surface area contributed by atoms with Gasteiger partial charge < -0.3 is 4.74 Å². The molecule has 1 aromatic rings. The van der Waals surface area contributed by atoms with Crippen LogP contribution in [0.2, 0.25) is 0 Å². The number of benzene rings is 1. The molecule has 92 valence electrons. The highest BCUT2D eigenvalue weighted by atomic mass is 79.9. The van der Waals surface area contributed by atoms with Crippen molar-refractivity contribution in [2.45, 2.75) is 18.4 Å². The number of hydrogen-bond donors (Lipinski definition) is 0. The highest BCUT2D eigenvalue weighted by molar-refractivity contribution is 9.09. The molecule has 0 fully saturated rings. The van der Waals surface area contributed by atoms with Gasteiger partial charge in [0.15, 0.2) is 0 Å². The first kappa shape index (κ1) is 12.5. The minimum atomic E-state index is -2.84. The summed E-state index contributed by atoms with van der Waals surface area (Å²) in [6, 6.07) is 6.21. The summed E-state index contributed by atoms with van der Waals surface area (Å²) in [6.45, 7) is 0. The van der Waals surface area contributed by atoms with E-state index >= 15 is 0 Å². The van der Waals surface area contributed by atoms with Crippen LogP contribution in [0.4, 0.5) is 8.78 Å². The Hall–Kier alpha value is -0.970. The van der Waals surface area contributed by atoms with E-state index in [4.69, 9.17) is 4.74 Å². The Morgan fingerprint density at radius 2 is 2.06 bits per heavy atom. The van der Waals surface area contributed by atoms with Gasteiger partial charge in [0.1, 0.15) is 11.5 Å². The molecule has 2 nitrogen and oxygen atoms in total. The van der Waals surface area contributed by atoms with Gasteiger partial charge in [0.2, 0.25) is 0 Å². The van der Waals surface area contributed by atoms with E-state index in [1.165, 1.54) is 7.11 Å². The molecule has 0 radical (unpaired) electrons. The fourth-order valence-electron chi connectivity index (χ4n) is 1.84. The Morgan fingerprint density at radius 1 is 1.41 bits per heavy atom. The largest absolute Gasteiger partial charge is 0.497 e. The minimum absolute atomic E-state index is 0.121. The molecule has 2 rings (SSSR count). The number of rotatable bonds is 3. The quantitative estimate of drug-likeness (QED) is 0.785. The lowest BCUT2D eigenvalue weighted by molar-refractivity contribution is 0.0753. The van der Waals surface area contributed by atoms with E-state index in [9.17, 15) is 8.78 Å². The Morgan fingerprint density at radius 3 is 2.53 bits per heavy atom. The molecule has 1 atom stereocenters.